The standard InChI is InChI=1S/C22H31N5O3S/c1-24(20-9-3-2-4-10-20)31(29,30)27-16-14-26(15-17-27)22(28)23-19-8-7-11-21(18-19)25-12-5-6-13-25/h5-8,11-13,18,20H,2-4,9-10,14-17H2,1H3,(H,23,28). The highest BCUT2D eigenvalue weighted by Crippen LogP contribution is 2.25. The molecule has 2 amide bonds. The van der Waals surface area contributed by atoms with Crippen LogP contribution < -0.4 is 5.32 Å². The molecule has 0 atom stereocenters. The highest BCUT2D eigenvalue weighted by molar-refractivity contribution is 7.86. The molecule has 1 aromatic carbocycles. The van der Waals surface area contributed by atoms with Gasteiger partial charge in [-0.25, -0.2) is 4.79 Å². The molecule has 0 bridgehead atoms. The maximum absolute atomic E-state index is 13.0. The van der Waals surface area contributed by atoms with Crippen LogP contribution in [-0.4, -0.2) is 71.8 Å². The Morgan fingerprint density at radius 1 is 1.00 bits per heavy atom. The summed E-state index contributed by atoms with van der Waals surface area (Å²) in [4.78, 5) is 14.4. The summed E-state index contributed by atoms with van der Waals surface area (Å²) in [6.07, 6.45) is 9.12. The zero-order valence-corrected chi connectivity index (χ0v) is 18.8. The lowest BCUT2D eigenvalue weighted by Crippen LogP contribution is -2.55. The average molecular weight is 446 g/mol. The van der Waals surface area contributed by atoms with Crippen LogP contribution in [0.5, 0.6) is 0 Å². The summed E-state index contributed by atoms with van der Waals surface area (Å²) in [5.41, 5.74) is 1.67. The van der Waals surface area contributed by atoms with Crippen molar-refractivity contribution in [3.63, 3.8) is 0 Å². The first-order valence-electron chi connectivity index (χ1n) is 11.0. The maximum atomic E-state index is 13.0. The van der Waals surface area contributed by atoms with E-state index in [4.69, 9.17) is 0 Å². The van der Waals surface area contributed by atoms with E-state index >= 15 is 0 Å². The molecule has 31 heavy (non-hydrogen) atoms. The molecule has 0 spiro atoms. The molecule has 0 unspecified atom stereocenters. The predicted octanol–water partition coefficient (Wildman–Crippen LogP) is 3.14. The minimum Gasteiger partial charge on any atom is -0.324 e. The molecule has 1 aromatic heterocycles. The van der Waals surface area contributed by atoms with Crippen molar-refractivity contribution in [2.75, 3.05) is 38.5 Å². The number of hydrogen-bond donors (Lipinski definition) is 1. The van der Waals surface area contributed by atoms with Crippen LogP contribution in [0.2, 0.25) is 0 Å². The molecule has 2 fully saturated rings. The lowest BCUT2D eigenvalue weighted by atomic mass is 9.96. The Bertz CT molecular complexity index is 978. The molecular formula is C22H31N5O3S. The van der Waals surface area contributed by atoms with Gasteiger partial charge in [-0.15, -0.1) is 0 Å². The number of anilines is 1. The third kappa shape index (κ3) is 4.94. The van der Waals surface area contributed by atoms with Crippen molar-refractivity contribution >= 4 is 21.9 Å². The Morgan fingerprint density at radius 2 is 1.68 bits per heavy atom. The number of urea groups is 1. The summed E-state index contributed by atoms with van der Waals surface area (Å²) >= 11 is 0. The van der Waals surface area contributed by atoms with Crippen molar-refractivity contribution in [2.45, 2.75) is 38.1 Å². The quantitative estimate of drug-likeness (QED) is 0.768. The van der Waals surface area contributed by atoms with Gasteiger partial charge >= 0.3 is 6.03 Å². The first-order valence-corrected chi connectivity index (χ1v) is 12.4. The fraction of sp³-hybridized carbons (Fsp3) is 0.500. The van der Waals surface area contributed by atoms with Gasteiger partial charge in [-0.3, -0.25) is 0 Å². The van der Waals surface area contributed by atoms with Crippen molar-refractivity contribution in [3.05, 3.63) is 48.8 Å². The van der Waals surface area contributed by atoms with Gasteiger partial charge in [-0.1, -0.05) is 25.3 Å². The van der Waals surface area contributed by atoms with E-state index in [9.17, 15) is 13.2 Å². The van der Waals surface area contributed by atoms with Crippen molar-refractivity contribution < 1.29 is 13.2 Å². The number of nitrogens with one attached hydrogen (secondary N) is 1. The summed E-state index contributed by atoms with van der Waals surface area (Å²) in [6.45, 7) is 1.38. The number of rotatable bonds is 5. The van der Waals surface area contributed by atoms with Crippen LogP contribution in [0, 0.1) is 0 Å². The molecule has 1 aliphatic heterocycles. The van der Waals surface area contributed by atoms with Gasteiger partial charge in [0, 0.05) is 63.0 Å². The van der Waals surface area contributed by atoms with Crippen molar-refractivity contribution in [1.29, 1.82) is 0 Å². The Morgan fingerprint density at radius 3 is 2.35 bits per heavy atom. The molecule has 168 valence electrons. The number of hydrogen-bond acceptors (Lipinski definition) is 3. The first-order chi connectivity index (χ1) is 14.9. The third-order valence-corrected chi connectivity index (χ3v) is 8.35. The normalized spacial score (nSPS) is 19.0. The summed E-state index contributed by atoms with van der Waals surface area (Å²) in [5, 5.41) is 2.94. The number of piperazine rings is 1. The molecule has 1 N–H and O–H groups in total. The highest BCUT2D eigenvalue weighted by atomic mass is 32.2. The van der Waals surface area contributed by atoms with Gasteiger partial charge in [0.25, 0.3) is 10.2 Å². The van der Waals surface area contributed by atoms with Gasteiger partial charge in [0.05, 0.1) is 0 Å². The number of amides is 2. The van der Waals surface area contributed by atoms with E-state index in [1.165, 1.54) is 10.7 Å². The van der Waals surface area contributed by atoms with Gasteiger partial charge in [-0.2, -0.15) is 17.0 Å². The van der Waals surface area contributed by atoms with E-state index in [2.05, 4.69) is 5.32 Å². The Hall–Kier alpha value is -2.36. The zero-order chi connectivity index (χ0) is 21.8. The summed E-state index contributed by atoms with van der Waals surface area (Å²) in [6, 6.07) is 11.4. The number of carbonyl (C=O) groups is 1. The number of benzene rings is 1. The van der Waals surface area contributed by atoms with Crippen molar-refractivity contribution in [2.24, 2.45) is 0 Å². The molecular weight excluding hydrogens is 414 g/mol. The minimum absolute atomic E-state index is 0.0904. The average Bonchev–Trinajstić information content (AvgIpc) is 3.34. The fourth-order valence-electron chi connectivity index (χ4n) is 4.39. The lowest BCUT2D eigenvalue weighted by Gasteiger charge is -2.38. The van der Waals surface area contributed by atoms with E-state index in [1.807, 2.05) is 53.4 Å². The van der Waals surface area contributed by atoms with Crippen LogP contribution in [-0.2, 0) is 10.2 Å². The van der Waals surface area contributed by atoms with Gasteiger partial charge in [-0.05, 0) is 43.2 Å². The van der Waals surface area contributed by atoms with Gasteiger partial charge < -0.3 is 14.8 Å². The minimum atomic E-state index is -3.49. The second kappa shape index (κ2) is 9.42. The molecule has 2 heterocycles. The van der Waals surface area contributed by atoms with Crippen LogP contribution in [0.15, 0.2) is 48.8 Å². The van der Waals surface area contributed by atoms with Gasteiger partial charge in [0.15, 0.2) is 0 Å². The predicted molar refractivity (Wildman–Crippen MR) is 121 cm³/mol. The SMILES string of the molecule is CN(C1CCCCC1)S(=O)(=O)N1CCN(C(=O)Nc2cccc(-n3cccc3)c2)CC1. The highest BCUT2D eigenvalue weighted by Gasteiger charge is 2.35. The van der Waals surface area contributed by atoms with Crippen molar-refractivity contribution in [1.82, 2.24) is 18.1 Å². The molecule has 1 saturated heterocycles. The maximum Gasteiger partial charge on any atom is 0.321 e. The van der Waals surface area contributed by atoms with Crippen LogP contribution in [0.4, 0.5) is 10.5 Å². The second-order valence-corrected chi connectivity index (χ2v) is 10.3. The van der Waals surface area contributed by atoms with Crippen LogP contribution in [0.3, 0.4) is 0 Å². The molecule has 1 aliphatic carbocycles. The monoisotopic (exact) mass is 445 g/mol. The Balaban J connectivity index is 1.33. The topological polar surface area (TPSA) is 77.9 Å². The molecule has 9 heteroatoms. The van der Waals surface area contributed by atoms with Crippen LogP contribution in [0.1, 0.15) is 32.1 Å². The van der Waals surface area contributed by atoms with Gasteiger partial charge in [0.2, 0.25) is 0 Å². The molecule has 0 radical (unpaired) electrons. The van der Waals surface area contributed by atoms with Gasteiger partial charge in [0.1, 0.15) is 0 Å². The summed E-state index contributed by atoms with van der Waals surface area (Å²) < 4.78 is 31.1. The number of nitrogens with zero attached hydrogens (tertiary/aromatic N) is 4. The Kier molecular flexibility index (Phi) is 6.64. The van der Waals surface area contributed by atoms with E-state index in [-0.39, 0.29) is 12.1 Å². The summed E-state index contributed by atoms with van der Waals surface area (Å²) in [5.74, 6) is 0. The second-order valence-electron chi connectivity index (χ2n) is 8.27. The Labute approximate surface area is 184 Å². The molecule has 1 saturated carbocycles. The molecule has 8 nitrogen and oxygen atoms in total. The molecule has 2 aliphatic rings. The fourth-order valence-corrected chi connectivity index (χ4v) is 5.97. The van der Waals surface area contributed by atoms with Crippen LogP contribution in [0.25, 0.3) is 5.69 Å². The number of aromatic nitrogens is 1. The van der Waals surface area contributed by atoms with E-state index in [0.717, 1.165) is 31.4 Å². The lowest BCUT2D eigenvalue weighted by molar-refractivity contribution is 0.178. The molecule has 2 aromatic rings. The number of carbonyl (C=O) groups excluding carboxylic acids is 1. The molecule has 4 rings (SSSR count). The third-order valence-electron chi connectivity index (χ3n) is 6.30. The largest absolute Gasteiger partial charge is 0.324 e. The van der Waals surface area contributed by atoms with E-state index in [0.29, 0.717) is 31.9 Å². The van der Waals surface area contributed by atoms with Crippen LogP contribution >= 0.6 is 0 Å². The first kappa shape index (κ1) is 21.9. The smallest absolute Gasteiger partial charge is 0.321 e. The summed E-state index contributed by atoms with van der Waals surface area (Å²) in [7, 11) is -1.80. The van der Waals surface area contributed by atoms with Crippen molar-refractivity contribution in [3.8, 4) is 5.69 Å². The van der Waals surface area contributed by atoms with E-state index < -0.39 is 10.2 Å². The van der Waals surface area contributed by atoms with E-state index in [1.54, 1.807) is 16.3 Å². The zero-order valence-electron chi connectivity index (χ0n) is 18.0.